The number of carbonyl (C=O) groups is 2. The Kier molecular flexibility index (Phi) is 5.78. The first-order chi connectivity index (χ1) is 13.3. The van der Waals surface area contributed by atoms with Crippen molar-refractivity contribution in [2.75, 3.05) is 5.32 Å². The molecule has 0 bridgehead atoms. The number of hydrogen-bond acceptors (Lipinski definition) is 6. The number of thiophene rings is 1. The van der Waals surface area contributed by atoms with Crippen LogP contribution in [0.3, 0.4) is 0 Å². The third-order valence-corrected chi connectivity index (χ3v) is 6.50. The van der Waals surface area contributed by atoms with E-state index in [1.807, 2.05) is 0 Å². The van der Waals surface area contributed by atoms with Crippen LogP contribution >= 0.6 is 11.3 Å². The molecule has 2 aromatic heterocycles. The van der Waals surface area contributed by atoms with Crippen LogP contribution in [0.1, 0.15) is 32.8 Å². The molecule has 3 rings (SSSR count). The molecular weight excluding hydrogens is 400 g/mol. The molecule has 0 saturated heterocycles. The van der Waals surface area contributed by atoms with Gasteiger partial charge in [-0.2, -0.15) is 0 Å². The minimum absolute atomic E-state index is 0.0608. The molecule has 2 heterocycles. The summed E-state index contributed by atoms with van der Waals surface area (Å²) in [6, 6.07) is 11.1. The fourth-order valence-electron chi connectivity index (χ4n) is 2.60. The molecule has 28 heavy (non-hydrogen) atoms. The average molecular weight is 418 g/mol. The summed E-state index contributed by atoms with van der Waals surface area (Å²) >= 11 is 1.20. The Morgan fingerprint density at radius 1 is 1.14 bits per heavy atom. The highest BCUT2D eigenvalue weighted by Crippen LogP contribution is 2.23. The van der Waals surface area contributed by atoms with Crippen molar-refractivity contribution in [1.82, 2.24) is 4.72 Å². The Hall–Kier alpha value is -2.75. The molecule has 9 heteroatoms. The molecule has 0 atom stereocenters. The van der Waals surface area contributed by atoms with Gasteiger partial charge < -0.3 is 9.73 Å². The van der Waals surface area contributed by atoms with Crippen molar-refractivity contribution in [3.8, 4) is 0 Å². The maximum atomic E-state index is 12.6. The van der Waals surface area contributed by atoms with Crippen LogP contribution in [0.15, 0.2) is 58.0 Å². The van der Waals surface area contributed by atoms with Crippen molar-refractivity contribution in [1.29, 1.82) is 0 Å². The molecule has 1 amide bonds. The van der Waals surface area contributed by atoms with Gasteiger partial charge in [-0.3, -0.25) is 9.59 Å². The lowest BCUT2D eigenvalue weighted by molar-refractivity contribution is -0.114. The van der Waals surface area contributed by atoms with Crippen molar-refractivity contribution < 1.29 is 22.4 Å². The predicted octanol–water partition coefficient (Wildman–Crippen LogP) is 3.32. The zero-order chi connectivity index (χ0) is 20.3. The Bertz CT molecular complexity index is 1120. The van der Waals surface area contributed by atoms with E-state index in [1.54, 1.807) is 37.3 Å². The van der Waals surface area contributed by atoms with Gasteiger partial charge in [-0.15, -0.1) is 11.3 Å². The minimum Gasteiger partial charge on any atom is -0.461 e. The molecule has 2 N–H and O–H groups in total. The molecule has 7 nitrogen and oxygen atoms in total. The van der Waals surface area contributed by atoms with Gasteiger partial charge in [0.25, 0.3) is 0 Å². The van der Waals surface area contributed by atoms with E-state index in [0.717, 1.165) is 0 Å². The number of sulfonamides is 1. The summed E-state index contributed by atoms with van der Waals surface area (Å²) in [5.41, 5.74) is 1.04. The number of benzene rings is 1. The summed E-state index contributed by atoms with van der Waals surface area (Å²) in [4.78, 5) is 24.7. The summed E-state index contributed by atoms with van der Waals surface area (Å²) < 4.78 is 32.9. The first-order valence-corrected chi connectivity index (χ1v) is 10.6. The second kappa shape index (κ2) is 8.09. The lowest BCUT2D eigenvalue weighted by Crippen LogP contribution is -2.23. The number of amides is 1. The Morgan fingerprint density at radius 3 is 2.57 bits per heavy atom. The number of aryl methyl sites for hydroxylation is 1. The fourth-order valence-corrected chi connectivity index (χ4v) is 4.81. The third-order valence-electron chi connectivity index (χ3n) is 3.85. The van der Waals surface area contributed by atoms with Gasteiger partial charge in [0.1, 0.15) is 0 Å². The molecule has 0 fully saturated rings. The maximum absolute atomic E-state index is 12.6. The van der Waals surface area contributed by atoms with E-state index in [9.17, 15) is 18.0 Å². The summed E-state index contributed by atoms with van der Waals surface area (Å²) in [5.74, 6) is -0.233. The lowest BCUT2D eigenvalue weighted by Gasteiger charge is -2.10. The van der Waals surface area contributed by atoms with Crippen LogP contribution in [-0.4, -0.2) is 20.1 Å². The number of hydrogen-bond donors (Lipinski definition) is 2. The number of carbonyl (C=O) groups excluding carboxylic acids is 2. The Balaban J connectivity index is 1.70. The van der Waals surface area contributed by atoms with Crippen LogP contribution in [0.25, 0.3) is 0 Å². The Morgan fingerprint density at radius 2 is 1.93 bits per heavy atom. The Labute approximate surface area is 166 Å². The zero-order valence-corrected chi connectivity index (χ0v) is 16.8. The number of nitrogens with one attached hydrogen (secondary N) is 2. The highest BCUT2D eigenvalue weighted by Gasteiger charge is 2.19. The quantitative estimate of drug-likeness (QED) is 0.573. The maximum Gasteiger partial charge on any atom is 0.241 e. The van der Waals surface area contributed by atoms with Gasteiger partial charge in [0, 0.05) is 24.0 Å². The van der Waals surface area contributed by atoms with Gasteiger partial charge in [-0.1, -0.05) is 0 Å². The molecule has 0 aliphatic rings. The van der Waals surface area contributed by atoms with Crippen LogP contribution in [0.2, 0.25) is 0 Å². The normalized spacial score (nSPS) is 11.4. The standard InChI is InChI=1S/C19H18N2O5S2/c1-12-10-14(21-13(2)22)5-8-18(12)28(24,25)20-11-15-6-7-17(27-15)19(23)16-4-3-9-26-16/h3-10,20H,11H2,1-2H3,(H,21,22). The van der Waals surface area contributed by atoms with E-state index in [4.69, 9.17) is 4.42 Å². The van der Waals surface area contributed by atoms with Crippen LogP contribution < -0.4 is 10.0 Å². The molecule has 146 valence electrons. The molecule has 1 aromatic carbocycles. The second-order valence-corrected chi connectivity index (χ2v) is 8.96. The van der Waals surface area contributed by atoms with Gasteiger partial charge in [-0.05, 0) is 55.0 Å². The minimum atomic E-state index is -3.75. The summed E-state index contributed by atoms with van der Waals surface area (Å²) in [6.45, 7) is 3.10. The van der Waals surface area contributed by atoms with Crippen molar-refractivity contribution in [2.24, 2.45) is 0 Å². The molecule has 0 saturated carbocycles. The molecule has 0 aliphatic heterocycles. The van der Waals surface area contributed by atoms with Gasteiger partial charge in [0.05, 0.1) is 16.0 Å². The van der Waals surface area contributed by atoms with E-state index in [0.29, 0.717) is 21.0 Å². The first kappa shape index (κ1) is 20.0. The van der Waals surface area contributed by atoms with Gasteiger partial charge >= 0.3 is 0 Å². The second-order valence-electron chi connectivity index (χ2n) is 6.06. The molecule has 0 spiro atoms. The first-order valence-electron chi connectivity index (χ1n) is 8.31. The average Bonchev–Trinajstić information content (AvgIpc) is 3.31. The number of furan rings is 1. The molecule has 0 unspecified atom stereocenters. The third kappa shape index (κ3) is 4.56. The van der Waals surface area contributed by atoms with E-state index in [-0.39, 0.29) is 28.9 Å². The van der Waals surface area contributed by atoms with Crippen molar-refractivity contribution in [2.45, 2.75) is 25.3 Å². The fraction of sp³-hybridized carbons (Fsp3) is 0.158. The van der Waals surface area contributed by atoms with E-state index in [1.165, 1.54) is 36.7 Å². The van der Waals surface area contributed by atoms with Gasteiger partial charge in [0.15, 0.2) is 5.76 Å². The molecular formula is C19H18N2O5S2. The van der Waals surface area contributed by atoms with Gasteiger partial charge in [0.2, 0.25) is 21.7 Å². The highest BCUT2D eigenvalue weighted by molar-refractivity contribution is 7.89. The predicted molar refractivity (Wildman–Crippen MR) is 106 cm³/mol. The SMILES string of the molecule is CC(=O)Nc1ccc(S(=O)(=O)NCc2ccc(C(=O)c3ccco3)s2)c(C)c1. The molecule has 0 radical (unpaired) electrons. The van der Waals surface area contributed by atoms with Crippen LogP contribution in [0, 0.1) is 6.92 Å². The summed E-state index contributed by atoms with van der Waals surface area (Å²) in [6.07, 6.45) is 1.43. The van der Waals surface area contributed by atoms with Crippen molar-refractivity contribution in [3.63, 3.8) is 0 Å². The molecule has 0 aliphatic carbocycles. The smallest absolute Gasteiger partial charge is 0.241 e. The van der Waals surface area contributed by atoms with Crippen molar-refractivity contribution in [3.05, 3.63) is 69.8 Å². The topological polar surface area (TPSA) is 105 Å². The number of rotatable bonds is 7. The summed E-state index contributed by atoms with van der Waals surface area (Å²) in [7, 11) is -3.75. The van der Waals surface area contributed by atoms with Crippen LogP contribution in [0.5, 0.6) is 0 Å². The van der Waals surface area contributed by atoms with Gasteiger partial charge in [-0.25, -0.2) is 13.1 Å². The number of ketones is 1. The highest BCUT2D eigenvalue weighted by atomic mass is 32.2. The largest absolute Gasteiger partial charge is 0.461 e. The van der Waals surface area contributed by atoms with Crippen molar-refractivity contribution >= 4 is 38.7 Å². The summed E-state index contributed by atoms with van der Waals surface area (Å²) in [5, 5.41) is 2.61. The van der Waals surface area contributed by atoms with E-state index >= 15 is 0 Å². The van der Waals surface area contributed by atoms with Crippen LogP contribution in [-0.2, 0) is 21.4 Å². The van der Waals surface area contributed by atoms with Crippen LogP contribution in [0.4, 0.5) is 5.69 Å². The lowest BCUT2D eigenvalue weighted by atomic mass is 10.2. The zero-order valence-electron chi connectivity index (χ0n) is 15.2. The monoisotopic (exact) mass is 418 g/mol. The van der Waals surface area contributed by atoms with E-state index < -0.39 is 10.0 Å². The number of anilines is 1. The van der Waals surface area contributed by atoms with E-state index in [2.05, 4.69) is 10.0 Å². The molecule has 3 aromatic rings.